The smallest absolute Gasteiger partial charge is 0.101 e. The molecule has 46 heavy (non-hydrogen) atoms. The van der Waals surface area contributed by atoms with Crippen molar-refractivity contribution < 1.29 is 0 Å². The highest BCUT2D eigenvalue weighted by Gasteiger charge is 2.21. The molecule has 0 atom stereocenters. The van der Waals surface area contributed by atoms with Crippen molar-refractivity contribution in [1.29, 1.82) is 0 Å². The van der Waals surface area contributed by atoms with Gasteiger partial charge < -0.3 is 9.80 Å². The Bertz CT molecular complexity index is 2390. The minimum atomic E-state index is 1.15. The molecule has 2 heterocycles. The Morgan fingerprint density at radius 1 is 0.326 bits per heavy atom. The Morgan fingerprint density at radius 2 is 0.739 bits per heavy atom. The lowest BCUT2D eigenvalue weighted by Gasteiger charge is -2.23. The molecule has 0 fully saturated rings. The van der Waals surface area contributed by atoms with E-state index >= 15 is 0 Å². The van der Waals surface area contributed by atoms with Gasteiger partial charge in [-0.2, -0.15) is 0 Å². The molecule has 9 aromatic rings. The van der Waals surface area contributed by atoms with Gasteiger partial charge in [0.05, 0.1) is 0 Å². The minimum absolute atomic E-state index is 1.15. The number of para-hydroxylation sites is 4. The monoisotopic (exact) mass is 624 g/mol. The van der Waals surface area contributed by atoms with Gasteiger partial charge in [0.15, 0.2) is 0 Å². The molecule has 0 radical (unpaired) electrons. The number of hydrogen-bond acceptors (Lipinski definition) is 4. The third kappa shape index (κ3) is 4.46. The van der Waals surface area contributed by atoms with Gasteiger partial charge in [0, 0.05) is 48.3 Å². The van der Waals surface area contributed by atoms with Crippen LogP contribution >= 0.6 is 22.7 Å². The van der Waals surface area contributed by atoms with E-state index in [0.717, 1.165) is 22.7 Å². The number of nitrogens with zero attached hydrogens (tertiary/aromatic N) is 2. The van der Waals surface area contributed by atoms with Crippen molar-refractivity contribution in [3.63, 3.8) is 0 Å². The van der Waals surface area contributed by atoms with Crippen LogP contribution in [0, 0.1) is 0 Å². The molecular weight excluding hydrogens is 597 g/mol. The summed E-state index contributed by atoms with van der Waals surface area (Å²) in [5, 5.41) is 10.2. The van der Waals surface area contributed by atoms with E-state index in [-0.39, 0.29) is 0 Å². The first kappa shape index (κ1) is 26.9. The summed E-state index contributed by atoms with van der Waals surface area (Å²) in [4.78, 5) is 4.75. The van der Waals surface area contributed by atoms with Crippen LogP contribution < -0.4 is 9.80 Å². The molecule has 0 aliphatic heterocycles. The normalized spacial score (nSPS) is 11.5. The molecule has 2 nitrogen and oxygen atoms in total. The highest BCUT2D eigenvalue weighted by Crippen LogP contribution is 2.50. The SMILES string of the molecule is c1ccc(N(c2ccccc2)c2cc3c(ccc4c5cc(N(c6ccccc6)c6ccccc6)sc5c5ccccc5c34)s2)cc1. The van der Waals surface area contributed by atoms with Crippen molar-refractivity contribution in [2.45, 2.75) is 0 Å². The van der Waals surface area contributed by atoms with E-state index in [9.17, 15) is 0 Å². The van der Waals surface area contributed by atoms with E-state index in [1.165, 1.54) is 51.7 Å². The molecule has 4 heteroatoms. The largest absolute Gasteiger partial charge is 0.302 e. The van der Waals surface area contributed by atoms with Crippen molar-refractivity contribution in [3.05, 3.63) is 170 Å². The number of thiophene rings is 2. The Kier molecular flexibility index (Phi) is 6.55. The molecule has 0 spiro atoms. The Hall–Kier alpha value is -5.42. The first-order valence-electron chi connectivity index (χ1n) is 15.4. The molecule has 218 valence electrons. The summed E-state index contributed by atoms with van der Waals surface area (Å²) in [6.45, 7) is 0. The average molecular weight is 625 g/mol. The lowest BCUT2D eigenvalue weighted by atomic mass is 9.96. The minimum Gasteiger partial charge on any atom is -0.302 e. The molecule has 0 unspecified atom stereocenters. The number of fused-ring (bicyclic) bond motifs is 8. The van der Waals surface area contributed by atoms with Gasteiger partial charge in [-0.15, -0.1) is 22.7 Å². The number of benzene rings is 7. The van der Waals surface area contributed by atoms with E-state index in [0.29, 0.717) is 0 Å². The maximum Gasteiger partial charge on any atom is 0.101 e. The number of rotatable bonds is 6. The van der Waals surface area contributed by atoms with E-state index in [4.69, 9.17) is 0 Å². The lowest BCUT2D eigenvalue weighted by molar-refractivity contribution is 1.32. The Morgan fingerprint density at radius 3 is 1.26 bits per heavy atom. The van der Waals surface area contributed by atoms with Gasteiger partial charge in [0.25, 0.3) is 0 Å². The summed E-state index contributed by atoms with van der Waals surface area (Å²) in [5.74, 6) is 0. The molecule has 0 saturated carbocycles. The lowest BCUT2D eigenvalue weighted by Crippen LogP contribution is -2.07. The molecule has 0 bridgehead atoms. The first-order valence-corrected chi connectivity index (χ1v) is 17.1. The van der Waals surface area contributed by atoms with Crippen LogP contribution in [0.4, 0.5) is 32.8 Å². The van der Waals surface area contributed by atoms with Crippen LogP contribution in [0.15, 0.2) is 170 Å². The number of anilines is 6. The van der Waals surface area contributed by atoms with Crippen molar-refractivity contribution in [2.75, 3.05) is 9.80 Å². The zero-order valence-electron chi connectivity index (χ0n) is 24.9. The topological polar surface area (TPSA) is 6.48 Å². The summed E-state index contributed by atoms with van der Waals surface area (Å²) in [7, 11) is 0. The first-order chi connectivity index (χ1) is 22.8. The maximum absolute atomic E-state index is 2.40. The summed E-state index contributed by atoms with van der Waals surface area (Å²) in [5.41, 5.74) is 4.61. The Labute approximate surface area is 275 Å². The van der Waals surface area contributed by atoms with Crippen molar-refractivity contribution in [3.8, 4) is 0 Å². The zero-order valence-corrected chi connectivity index (χ0v) is 26.5. The van der Waals surface area contributed by atoms with Crippen molar-refractivity contribution >= 4 is 97.1 Å². The second-order valence-electron chi connectivity index (χ2n) is 11.4. The van der Waals surface area contributed by atoms with Crippen LogP contribution in [0.5, 0.6) is 0 Å². The molecule has 0 amide bonds. The van der Waals surface area contributed by atoms with E-state index in [2.05, 4.69) is 180 Å². The molecule has 2 aromatic heterocycles. The summed E-state index contributed by atoms with van der Waals surface area (Å²) in [6.07, 6.45) is 0. The standard InChI is InChI=1S/C42H28N2S2/c1-5-15-29(16-6-1)43(30-17-7-2-8-18-30)39-28-37-38(45-39)26-25-34-36-27-40(46-42(36)35-24-14-13-23-33(35)41(34)37)44(31-19-9-3-10-20-31)32-21-11-4-12-22-32/h1-28H. The number of hydrogen-bond donors (Lipinski definition) is 0. The average Bonchev–Trinajstić information content (AvgIpc) is 3.76. The van der Waals surface area contributed by atoms with Crippen molar-refractivity contribution in [1.82, 2.24) is 0 Å². The van der Waals surface area contributed by atoms with E-state index in [1.54, 1.807) is 0 Å². The van der Waals surface area contributed by atoms with Gasteiger partial charge in [-0.05, 0) is 82.9 Å². The van der Waals surface area contributed by atoms with Crippen LogP contribution in [0.1, 0.15) is 0 Å². The molecule has 9 rings (SSSR count). The van der Waals surface area contributed by atoms with Crippen LogP contribution in [-0.2, 0) is 0 Å². The van der Waals surface area contributed by atoms with Crippen LogP contribution in [0.3, 0.4) is 0 Å². The molecule has 0 aliphatic carbocycles. The van der Waals surface area contributed by atoms with Gasteiger partial charge in [-0.3, -0.25) is 0 Å². The van der Waals surface area contributed by atoms with Gasteiger partial charge >= 0.3 is 0 Å². The third-order valence-electron chi connectivity index (χ3n) is 8.64. The highest BCUT2D eigenvalue weighted by molar-refractivity contribution is 7.24. The van der Waals surface area contributed by atoms with Crippen LogP contribution in [0.25, 0.3) is 41.7 Å². The predicted molar refractivity (Wildman–Crippen MR) is 202 cm³/mol. The zero-order chi connectivity index (χ0) is 30.5. The summed E-state index contributed by atoms with van der Waals surface area (Å²) >= 11 is 3.72. The van der Waals surface area contributed by atoms with Gasteiger partial charge in [0.2, 0.25) is 0 Å². The van der Waals surface area contributed by atoms with Gasteiger partial charge in [-0.25, -0.2) is 0 Å². The molecular formula is C42H28N2S2. The van der Waals surface area contributed by atoms with Gasteiger partial charge in [0.1, 0.15) is 10.0 Å². The quantitative estimate of drug-likeness (QED) is 0.170. The van der Waals surface area contributed by atoms with E-state index < -0.39 is 0 Å². The van der Waals surface area contributed by atoms with Crippen molar-refractivity contribution in [2.24, 2.45) is 0 Å². The van der Waals surface area contributed by atoms with E-state index in [1.807, 2.05) is 22.7 Å². The Balaban J connectivity index is 1.31. The fourth-order valence-corrected chi connectivity index (χ4v) is 8.99. The molecule has 7 aromatic carbocycles. The molecule has 0 N–H and O–H groups in total. The second-order valence-corrected chi connectivity index (χ2v) is 13.5. The van der Waals surface area contributed by atoms with Gasteiger partial charge in [-0.1, -0.05) is 103 Å². The summed E-state index contributed by atoms with van der Waals surface area (Å²) < 4.78 is 2.61. The van der Waals surface area contributed by atoms with Crippen LogP contribution in [-0.4, -0.2) is 0 Å². The third-order valence-corrected chi connectivity index (χ3v) is 10.9. The second kappa shape index (κ2) is 11.2. The van der Waals surface area contributed by atoms with Crippen LogP contribution in [0.2, 0.25) is 0 Å². The summed E-state index contributed by atoms with van der Waals surface area (Å²) in [6, 6.07) is 61.1. The molecule has 0 saturated heterocycles. The molecule has 0 aliphatic rings. The fraction of sp³-hybridized carbons (Fsp3) is 0. The fourth-order valence-electron chi connectivity index (χ4n) is 6.63. The highest BCUT2D eigenvalue weighted by atomic mass is 32.1. The predicted octanol–water partition coefficient (Wildman–Crippen LogP) is 13.4. The maximum atomic E-state index is 2.40.